The van der Waals surface area contributed by atoms with Gasteiger partial charge in [-0.05, 0) is 6.92 Å². The van der Waals surface area contributed by atoms with Crippen molar-refractivity contribution in [3.05, 3.63) is 12.3 Å². The molecular formula is C5H8FN3O. The molecule has 0 bridgehead atoms. The lowest BCUT2D eigenvalue weighted by Gasteiger charge is -2.16. The molecule has 0 saturated heterocycles. The summed E-state index contributed by atoms with van der Waals surface area (Å²) < 4.78 is 17.6. The minimum absolute atomic E-state index is 0.264. The molecule has 10 heavy (non-hydrogen) atoms. The van der Waals surface area contributed by atoms with Crippen molar-refractivity contribution in [2.75, 3.05) is 6.61 Å². The van der Waals surface area contributed by atoms with Gasteiger partial charge in [-0.15, -0.1) is 0 Å². The summed E-state index contributed by atoms with van der Waals surface area (Å²) in [7, 11) is 0. The predicted octanol–water partition coefficient (Wildman–Crippen LogP) is 1.13. The molecule has 0 fully saturated rings. The Labute approximate surface area is 57.7 Å². The highest BCUT2D eigenvalue weighted by molar-refractivity contribution is 4.93. The Morgan fingerprint density at radius 1 is 1.80 bits per heavy atom. The lowest BCUT2D eigenvalue weighted by atomic mass is 10.5. The van der Waals surface area contributed by atoms with Gasteiger partial charge in [0, 0.05) is 18.9 Å². The van der Waals surface area contributed by atoms with Gasteiger partial charge in [0.15, 0.2) is 0 Å². The smallest absolute Gasteiger partial charge is 0.324 e. The summed E-state index contributed by atoms with van der Waals surface area (Å²) in [4.78, 5) is 0. The number of nitrogens with zero attached hydrogens (tertiary/aromatic N) is 2. The van der Waals surface area contributed by atoms with Crippen LogP contribution < -0.4 is 5.43 Å². The highest BCUT2D eigenvalue weighted by Gasteiger charge is 2.27. The fourth-order valence-electron chi connectivity index (χ4n) is 0.583. The zero-order chi connectivity index (χ0) is 7.45. The van der Waals surface area contributed by atoms with Crippen molar-refractivity contribution in [3.63, 3.8) is 0 Å². The maximum Gasteiger partial charge on any atom is 0.348 e. The lowest BCUT2D eigenvalue weighted by Crippen LogP contribution is -2.24. The third-order valence-electron chi connectivity index (χ3n) is 0.954. The highest BCUT2D eigenvalue weighted by atomic mass is 19.2. The molecule has 56 valence electrons. The molecule has 1 aliphatic heterocycles. The molecule has 0 aromatic rings. The van der Waals surface area contributed by atoms with Gasteiger partial charge in [0.1, 0.15) is 0 Å². The maximum atomic E-state index is 13.0. The molecule has 0 aromatic heterocycles. The van der Waals surface area contributed by atoms with E-state index in [2.05, 4.69) is 20.5 Å². The first-order chi connectivity index (χ1) is 4.77. The summed E-state index contributed by atoms with van der Waals surface area (Å²) in [5, 5.41) is 6.43. The van der Waals surface area contributed by atoms with E-state index in [4.69, 9.17) is 0 Å². The number of alkyl halides is 1. The number of halogens is 1. The van der Waals surface area contributed by atoms with Crippen molar-refractivity contribution in [2.45, 2.75) is 12.9 Å². The van der Waals surface area contributed by atoms with Gasteiger partial charge in [-0.3, -0.25) is 5.43 Å². The molecule has 1 heterocycles. The van der Waals surface area contributed by atoms with Gasteiger partial charge in [0.2, 0.25) is 0 Å². The van der Waals surface area contributed by atoms with Gasteiger partial charge >= 0.3 is 5.98 Å². The van der Waals surface area contributed by atoms with E-state index < -0.39 is 5.98 Å². The normalized spacial score (nSPS) is 30.2. The van der Waals surface area contributed by atoms with Gasteiger partial charge in [0.25, 0.3) is 0 Å². The highest BCUT2D eigenvalue weighted by Crippen LogP contribution is 2.18. The van der Waals surface area contributed by atoms with Crippen molar-refractivity contribution in [1.82, 2.24) is 5.43 Å². The predicted molar refractivity (Wildman–Crippen MR) is 32.6 cm³/mol. The average molecular weight is 145 g/mol. The van der Waals surface area contributed by atoms with Gasteiger partial charge in [-0.1, -0.05) is 10.3 Å². The van der Waals surface area contributed by atoms with Crippen LogP contribution in [0.5, 0.6) is 0 Å². The first-order valence-corrected chi connectivity index (χ1v) is 2.95. The average Bonchev–Trinajstić information content (AvgIpc) is 1.89. The Morgan fingerprint density at radius 3 is 3.10 bits per heavy atom. The minimum atomic E-state index is -2.06. The van der Waals surface area contributed by atoms with Crippen LogP contribution in [0.1, 0.15) is 6.92 Å². The monoisotopic (exact) mass is 145 g/mol. The Hall–Kier alpha value is -0.970. The van der Waals surface area contributed by atoms with Crippen LogP contribution in [0.15, 0.2) is 22.6 Å². The van der Waals surface area contributed by atoms with E-state index in [1.54, 1.807) is 6.92 Å². The molecular weight excluding hydrogens is 137 g/mol. The second kappa shape index (κ2) is 2.74. The van der Waals surface area contributed by atoms with Crippen LogP contribution in [0.4, 0.5) is 4.39 Å². The van der Waals surface area contributed by atoms with Gasteiger partial charge < -0.3 is 4.74 Å². The Morgan fingerprint density at radius 2 is 2.60 bits per heavy atom. The summed E-state index contributed by atoms with van der Waals surface area (Å²) in [5.41, 5.74) is 2.36. The molecule has 1 rings (SSSR count). The number of nitrogens with one attached hydrogen (secondary N) is 1. The Bertz CT molecular complexity index is 156. The van der Waals surface area contributed by atoms with Crippen LogP contribution in [-0.2, 0) is 4.74 Å². The van der Waals surface area contributed by atoms with Gasteiger partial charge in [0.05, 0.1) is 0 Å². The molecule has 0 radical (unpaired) electrons. The second-order valence-corrected chi connectivity index (χ2v) is 1.70. The summed E-state index contributed by atoms with van der Waals surface area (Å²) in [5.74, 6) is -2.06. The van der Waals surface area contributed by atoms with E-state index in [-0.39, 0.29) is 6.61 Å². The Kier molecular flexibility index (Phi) is 1.96. The van der Waals surface area contributed by atoms with Crippen LogP contribution in [0.2, 0.25) is 0 Å². The van der Waals surface area contributed by atoms with Crippen molar-refractivity contribution in [1.29, 1.82) is 0 Å². The number of hydrogen-bond acceptors (Lipinski definition) is 4. The zero-order valence-electron chi connectivity index (χ0n) is 5.54. The standard InChI is InChI=1S/C5H8FN3O/c1-2-10-5(6)3-4-7-9-8-5/h3-4H,2H2,1H3,(H,7,8). The lowest BCUT2D eigenvalue weighted by molar-refractivity contribution is -0.103. The molecule has 0 spiro atoms. The molecule has 4 nitrogen and oxygen atoms in total. The molecule has 1 aliphatic rings. The van der Waals surface area contributed by atoms with Crippen LogP contribution in [0.3, 0.4) is 0 Å². The first kappa shape index (κ1) is 7.14. The minimum Gasteiger partial charge on any atom is -0.324 e. The molecule has 1 unspecified atom stereocenters. The quantitative estimate of drug-likeness (QED) is 0.592. The summed E-state index contributed by atoms with van der Waals surface area (Å²) in [6.45, 7) is 1.95. The summed E-state index contributed by atoms with van der Waals surface area (Å²) in [6, 6.07) is 0. The van der Waals surface area contributed by atoms with Crippen LogP contribution in [0, 0.1) is 0 Å². The molecule has 1 atom stereocenters. The van der Waals surface area contributed by atoms with Gasteiger partial charge in [-0.25, -0.2) is 0 Å². The van der Waals surface area contributed by atoms with Crippen LogP contribution in [0.25, 0.3) is 0 Å². The van der Waals surface area contributed by atoms with E-state index in [1.165, 1.54) is 6.20 Å². The zero-order valence-corrected chi connectivity index (χ0v) is 5.54. The molecule has 0 saturated carbocycles. The van der Waals surface area contributed by atoms with E-state index in [9.17, 15) is 4.39 Å². The summed E-state index contributed by atoms with van der Waals surface area (Å²) in [6.07, 6.45) is 2.49. The van der Waals surface area contributed by atoms with Crippen molar-refractivity contribution < 1.29 is 9.13 Å². The Balaban J connectivity index is 2.56. The van der Waals surface area contributed by atoms with E-state index in [1.807, 2.05) is 0 Å². The first-order valence-electron chi connectivity index (χ1n) is 2.95. The fourth-order valence-corrected chi connectivity index (χ4v) is 0.583. The molecule has 0 aromatic carbocycles. The number of rotatable bonds is 2. The fraction of sp³-hybridized carbons (Fsp3) is 0.600. The number of ether oxygens (including phenoxy) is 1. The van der Waals surface area contributed by atoms with Gasteiger partial charge in [-0.2, -0.15) is 4.39 Å². The third kappa shape index (κ3) is 1.51. The van der Waals surface area contributed by atoms with Crippen LogP contribution >= 0.6 is 0 Å². The SMILES string of the molecule is CCOC1(F)C=CNN=N1. The topological polar surface area (TPSA) is 46.0 Å². The molecule has 5 heteroatoms. The second-order valence-electron chi connectivity index (χ2n) is 1.70. The molecule has 0 amide bonds. The van der Waals surface area contributed by atoms with E-state index in [0.29, 0.717) is 0 Å². The molecule has 1 N–H and O–H groups in total. The number of hydrogen-bond donors (Lipinski definition) is 1. The summed E-state index contributed by atoms with van der Waals surface area (Å²) >= 11 is 0. The van der Waals surface area contributed by atoms with Crippen LogP contribution in [-0.4, -0.2) is 12.6 Å². The van der Waals surface area contributed by atoms with Crippen molar-refractivity contribution >= 4 is 0 Å². The maximum absolute atomic E-state index is 13.0. The van der Waals surface area contributed by atoms with Crippen molar-refractivity contribution in [3.8, 4) is 0 Å². The molecule has 0 aliphatic carbocycles. The largest absolute Gasteiger partial charge is 0.348 e. The van der Waals surface area contributed by atoms with E-state index in [0.717, 1.165) is 6.08 Å². The third-order valence-corrected chi connectivity index (χ3v) is 0.954. The van der Waals surface area contributed by atoms with Crippen molar-refractivity contribution in [2.24, 2.45) is 10.3 Å². The van der Waals surface area contributed by atoms with E-state index >= 15 is 0 Å².